The number of hydrogen-bond acceptors (Lipinski definition) is 5. The van der Waals surface area contributed by atoms with Crippen LogP contribution in [0.15, 0.2) is 106 Å². The van der Waals surface area contributed by atoms with E-state index in [0.717, 1.165) is 16.8 Å². The van der Waals surface area contributed by atoms with Crippen molar-refractivity contribution in [1.29, 1.82) is 5.26 Å². The Labute approximate surface area is 183 Å². The van der Waals surface area contributed by atoms with Crippen LogP contribution in [-0.4, -0.2) is 14.8 Å². The fourth-order valence-electron chi connectivity index (χ4n) is 3.49. The Balaban J connectivity index is 1.73. The molecule has 2 heterocycles. The number of aromatic nitrogens is 3. The highest BCUT2D eigenvalue weighted by Crippen LogP contribution is 2.29. The first-order chi connectivity index (χ1) is 15.7. The number of nitriles is 1. The van der Waals surface area contributed by atoms with Crippen molar-refractivity contribution in [2.45, 2.75) is 0 Å². The van der Waals surface area contributed by atoms with E-state index in [0.29, 0.717) is 11.4 Å². The predicted octanol–water partition coefficient (Wildman–Crippen LogP) is 5.09. The molecule has 0 unspecified atom stereocenters. The van der Waals surface area contributed by atoms with Crippen LogP contribution in [0.1, 0.15) is 5.56 Å². The normalized spacial score (nSPS) is 10.6. The first-order valence-electron chi connectivity index (χ1n) is 9.96. The molecular weight excluding hydrogens is 400 g/mol. The van der Waals surface area contributed by atoms with Crippen molar-refractivity contribution in [2.75, 3.05) is 0 Å². The second-order valence-corrected chi connectivity index (χ2v) is 7.04. The summed E-state index contributed by atoms with van der Waals surface area (Å²) in [4.78, 5) is 17.3. The molecule has 0 saturated carbocycles. The second-order valence-electron chi connectivity index (χ2n) is 7.04. The minimum Gasteiger partial charge on any atom is -0.418 e. The zero-order chi connectivity index (χ0) is 21.9. The third kappa shape index (κ3) is 3.48. The van der Waals surface area contributed by atoms with Crippen LogP contribution in [-0.2, 0) is 0 Å². The van der Waals surface area contributed by atoms with Gasteiger partial charge in [0.2, 0.25) is 5.82 Å². The van der Waals surface area contributed by atoms with Crippen LogP contribution in [0, 0.1) is 11.3 Å². The molecular formula is C26H16N4O2. The largest absolute Gasteiger partial charge is 0.418 e. The van der Waals surface area contributed by atoms with Crippen LogP contribution >= 0.6 is 0 Å². The van der Waals surface area contributed by atoms with Gasteiger partial charge in [-0.25, -0.2) is 14.5 Å². The maximum absolute atomic E-state index is 12.6. The van der Waals surface area contributed by atoms with Gasteiger partial charge < -0.3 is 4.42 Å². The first kappa shape index (κ1) is 19.2. The molecule has 0 fully saturated rings. The van der Waals surface area contributed by atoms with Gasteiger partial charge in [0.1, 0.15) is 11.6 Å². The van der Waals surface area contributed by atoms with Gasteiger partial charge in [0.15, 0.2) is 11.6 Å². The van der Waals surface area contributed by atoms with Gasteiger partial charge in [0.05, 0.1) is 5.69 Å². The molecule has 3 aromatic carbocycles. The van der Waals surface area contributed by atoms with Crippen molar-refractivity contribution in [3.63, 3.8) is 0 Å². The van der Waals surface area contributed by atoms with Crippen LogP contribution in [0.3, 0.4) is 0 Å². The van der Waals surface area contributed by atoms with Crippen molar-refractivity contribution in [2.24, 2.45) is 0 Å². The van der Waals surface area contributed by atoms with Crippen molar-refractivity contribution < 1.29 is 4.42 Å². The summed E-state index contributed by atoms with van der Waals surface area (Å²) in [7, 11) is 0. The topological polar surface area (TPSA) is 84.7 Å². The summed E-state index contributed by atoms with van der Waals surface area (Å²) in [6, 6.07) is 32.1. The average Bonchev–Trinajstić information content (AvgIpc) is 3.31. The molecule has 0 spiro atoms. The zero-order valence-electron chi connectivity index (χ0n) is 16.8. The van der Waals surface area contributed by atoms with E-state index in [1.165, 1.54) is 0 Å². The number of nitrogens with zero attached hydrogens (tertiary/aromatic N) is 4. The molecule has 0 atom stereocenters. The monoisotopic (exact) mass is 416 g/mol. The molecule has 0 amide bonds. The van der Waals surface area contributed by atoms with E-state index in [2.05, 4.69) is 5.10 Å². The number of hydrogen-bond donors (Lipinski definition) is 0. The van der Waals surface area contributed by atoms with Crippen molar-refractivity contribution in [1.82, 2.24) is 14.8 Å². The minimum absolute atomic E-state index is 0.0503. The Kier molecular flexibility index (Phi) is 4.91. The Morgan fingerprint density at radius 2 is 1.41 bits per heavy atom. The summed E-state index contributed by atoms with van der Waals surface area (Å²) in [6.07, 6.45) is 0. The van der Waals surface area contributed by atoms with Crippen LogP contribution in [0.4, 0.5) is 0 Å². The van der Waals surface area contributed by atoms with E-state index < -0.39 is 5.63 Å². The van der Waals surface area contributed by atoms with E-state index in [-0.39, 0.29) is 17.1 Å². The Morgan fingerprint density at radius 3 is 2.03 bits per heavy atom. The van der Waals surface area contributed by atoms with Crippen molar-refractivity contribution in [3.05, 3.63) is 113 Å². The highest BCUT2D eigenvalue weighted by Gasteiger charge is 2.20. The van der Waals surface area contributed by atoms with E-state index >= 15 is 0 Å². The standard InChI is InChI=1S/C26H16N4O2/c27-17-22-21(18-10-4-1-5-11-18)16-23(32-26(22)31)24-28-25(19-12-6-2-7-13-19)30(29-24)20-14-8-3-9-15-20/h1-16H. The molecule has 32 heavy (non-hydrogen) atoms. The van der Waals surface area contributed by atoms with E-state index in [1.807, 2.05) is 97.1 Å². The summed E-state index contributed by atoms with van der Waals surface area (Å²) in [5, 5.41) is 14.2. The van der Waals surface area contributed by atoms with Gasteiger partial charge in [0, 0.05) is 11.1 Å². The lowest BCUT2D eigenvalue weighted by Gasteiger charge is -2.05. The highest BCUT2D eigenvalue weighted by atomic mass is 16.4. The summed E-state index contributed by atoms with van der Waals surface area (Å²) < 4.78 is 7.18. The van der Waals surface area contributed by atoms with Gasteiger partial charge in [-0.15, -0.1) is 5.10 Å². The van der Waals surface area contributed by atoms with Gasteiger partial charge in [-0.3, -0.25) is 0 Å². The SMILES string of the molecule is N#Cc1c(-c2ccccc2)cc(-c2nc(-c3ccccc3)n(-c3ccccc3)n2)oc1=O. The summed E-state index contributed by atoms with van der Waals surface area (Å²) >= 11 is 0. The van der Waals surface area contributed by atoms with Crippen molar-refractivity contribution in [3.8, 4) is 45.9 Å². The van der Waals surface area contributed by atoms with Gasteiger partial charge in [-0.05, 0) is 23.8 Å². The summed E-state index contributed by atoms with van der Waals surface area (Å²) in [5.74, 6) is 1.06. The maximum Gasteiger partial charge on any atom is 0.355 e. The van der Waals surface area contributed by atoms with Crippen LogP contribution in [0.2, 0.25) is 0 Å². The lowest BCUT2D eigenvalue weighted by atomic mass is 10.0. The quantitative estimate of drug-likeness (QED) is 0.407. The molecule has 0 saturated heterocycles. The molecule has 0 aliphatic carbocycles. The number of benzene rings is 3. The van der Waals surface area contributed by atoms with Gasteiger partial charge >= 0.3 is 5.63 Å². The lowest BCUT2D eigenvalue weighted by molar-refractivity contribution is 0.520. The number of rotatable bonds is 4. The summed E-state index contributed by atoms with van der Waals surface area (Å²) in [5.41, 5.74) is 2.14. The molecule has 2 aromatic heterocycles. The Morgan fingerprint density at radius 1 is 0.812 bits per heavy atom. The molecule has 0 radical (unpaired) electrons. The third-order valence-corrected chi connectivity index (χ3v) is 5.01. The molecule has 5 aromatic rings. The molecule has 6 heteroatoms. The van der Waals surface area contributed by atoms with Gasteiger partial charge in [-0.1, -0.05) is 78.9 Å². The Bertz CT molecular complexity index is 1430. The number of para-hydroxylation sites is 1. The van der Waals surface area contributed by atoms with Gasteiger partial charge in [0.25, 0.3) is 0 Å². The molecule has 152 valence electrons. The Hall–Kier alpha value is -4.76. The maximum atomic E-state index is 12.6. The summed E-state index contributed by atoms with van der Waals surface area (Å²) in [6.45, 7) is 0. The molecule has 0 aliphatic rings. The van der Waals surface area contributed by atoms with Crippen LogP contribution in [0.25, 0.3) is 39.8 Å². The average molecular weight is 416 g/mol. The van der Waals surface area contributed by atoms with E-state index in [4.69, 9.17) is 9.40 Å². The zero-order valence-corrected chi connectivity index (χ0v) is 16.8. The minimum atomic E-state index is -0.721. The van der Waals surface area contributed by atoms with E-state index in [9.17, 15) is 10.1 Å². The molecule has 5 rings (SSSR count). The third-order valence-electron chi connectivity index (χ3n) is 5.01. The van der Waals surface area contributed by atoms with E-state index in [1.54, 1.807) is 10.7 Å². The highest BCUT2D eigenvalue weighted by molar-refractivity contribution is 5.73. The van der Waals surface area contributed by atoms with Crippen LogP contribution in [0.5, 0.6) is 0 Å². The van der Waals surface area contributed by atoms with Crippen LogP contribution < -0.4 is 5.63 Å². The smallest absolute Gasteiger partial charge is 0.355 e. The molecule has 0 bridgehead atoms. The fourth-order valence-corrected chi connectivity index (χ4v) is 3.49. The predicted molar refractivity (Wildman–Crippen MR) is 121 cm³/mol. The molecule has 0 N–H and O–H groups in total. The van der Waals surface area contributed by atoms with Gasteiger partial charge in [-0.2, -0.15) is 5.26 Å². The lowest BCUT2D eigenvalue weighted by Crippen LogP contribution is -2.07. The second kappa shape index (κ2) is 8.17. The fraction of sp³-hybridized carbons (Fsp3) is 0. The van der Waals surface area contributed by atoms with Crippen molar-refractivity contribution >= 4 is 0 Å². The first-order valence-corrected chi connectivity index (χ1v) is 9.96. The molecule has 6 nitrogen and oxygen atoms in total. The molecule has 0 aliphatic heterocycles.